The highest BCUT2D eigenvalue weighted by atomic mass is 35.5. The number of aliphatic carboxylic acids is 1. The standard InChI is InChI=1S/C14H16ClNO2/c1-3-16-10(7-9(2)14(17)18)8-11-12(15)5-4-6-13(11)16/h4-6,8-9H,3,7H2,1-2H3,(H,17,18). The first kappa shape index (κ1) is 13.0. The molecule has 0 aliphatic carbocycles. The second kappa shape index (κ2) is 5.02. The smallest absolute Gasteiger partial charge is 0.306 e. The Morgan fingerprint density at radius 3 is 2.83 bits per heavy atom. The van der Waals surface area contributed by atoms with E-state index in [2.05, 4.69) is 11.5 Å². The Balaban J connectivity index is 2.50. The summed E-state index contributed by atoms with van der Waals surface area (Å²) < 4.78 is 2.13. The number of carboxylic acids is 1. The first-order chi connectivity index (χ1) is 8.54. The zero-order valence-corrected chi connectivity index (χ0v) is 11.2. The molecule has 0 radical (unpaired) electrons. The molecule has 4 heteroatoms. The summed E-state index contributed by atoms with van der Waals surface area (Å²) in [6, 6.07) is 7.79. The number of aromatic nitrogens is 1. The highest BCUT2D eigenvalue weighted by Crippen LogP contribution is 2.28. The Labute approximate surface area is 111 Å². The van der Waals surface area contributed by atoms with E-state index in [4.69, 9.17) is 16.7 Å². The van der Waals surface area contributed by atoms with E-state index in [1.54, 1.807) is 6.92 Å². The molecule has 0 aliphatic heterocycles. The molecule has 96 valence electrons. The quantitative estimate of drug-likeness (QED) is 0.918. The molecule has 0 saturated carbocycles. The summed E-state index contributed by atoms with van der Waals surface area (Å²) in [5, 5.41) is 10.7. The Kier molecular flexibility index (Phi) is 3.62. The SMILES string of the molecule is CCn1c(CC(C)C(=O)O)cc2c(Cl)cccc21. The molecule has 3 nitrogen and oxygen atoms in total. The number of benzene rings is 1. The minimum atomic E-state index is -0.769. The average molecular weight is 266 g/mol. The maximum absolute atomic E-state index is 11.0. The molecule has 0 bridgehead atoms. The number of aryl methyl sites for hydroxylation is 1. The molecule has 2 aromatic rings. The molecule has 2 rings (SSSR count). The van der Waals surface area contributed by atoms with E-state index in [-0.39, 0.29) is 0 Å². The van der Waals surface area contributed by atoms with Crippen LogP contribution in [0, 0.1) is 5.92 Å². The fraction of sp³-hybridized carbons (Fsp3) is 0.357. The topological polar surface area (TPSA) is 42.2 Å². The summed E-state index contributed by atoms with van der Waals surface area (Å²) in [4.78, 5) is 11.0. The second-order valence-corrected chi connectivity index (χ2v) is 4.90. The zero-order chi connectivity index (χ0) is 13.3. The first-order valence-electron chi connectivity index (χ1n) is 6.04. The third-order valence-electron chi connectivity index (χ3n) is 3.23. The van der Waals surface area contributed by atoms with Crippen molar-refractivity contribution in [3.05, 3.63) is 35.0 Å². The molecule has 1 heterocycles. The Hall–Kier alpha value is -1.48. The number of halogens is 1. The fourth-order valence-corrected chi connectivity index (χ4v) is 2.47. The molecule has 1 N–H and O–H groups in total. The Bertz CT molecular complexity index is 589. The zero-order valence-electron chi connectivity index (χ0n) is 10.5. The van der Waals surface area contributed by atoms with Gasteiger partial charge in [0.25, 0.3) is 0 Å². The first-order valence-corrected chi connectivity index (χ1v) is 6.41. The van der Waals surface area contributed by atoms with Gasteiger partial charge in [0.15, 0.2) is 0 Å². The predicted molar refractivity (Wildman–Crippen MR) is 73.1 cm³/mol. The number of nitrogens with zero attached hydrogens (tertiary/aromatic N) is 1. The van der Waals surface area contributed by atoms with Crippen molar-refractivity contribution in [1.29, 1.82) is 0 Å². The maximum atomic E-state index is 11.0. The van der Waals surface area contributed by atoms with Gasteiger partial charge >= 0.3 is 5.97 Å². The number of hydrogen-bond acceptors (Lipinski definition) is 1. The normalized spacial score (nSPS) is 12.8. The van der Waals surface area contributed by atoms with Gasteiger partial charge in [0.05, 0.1) is 5.92 Å². The molecular weight excluding hydrogens is 250 g/mol. The van der Waals surface area contributed by atoms with Crippen LogP contribution in [-0.2, 0) is 17.8 Å². The summed E-state index contributed by atoms with van der Waals surface area (Å²) in [5.41, 5.74) is 2.09. The van der Waals surface area contributed by atoms with Gasteiger partial charge in [-0.3, -0.25) is 4.79 Å². The third kappa shape index (κ3) is 2.23. The van der Waals surface area contributed by atoms with Gasteiger partial charge < -0.3 is 9.67 Å². The van der Waals surface area contributed by atoms with Crippen LogP contribution in [-0.4, -0.2) is 15.6 Å². The highest BCUT2D eigenvalue weighted by molar-refractivity contribution is 6.35. The highest BCUT2D eigenvalue weighted by Gasteiger charge is 2.16. The van der Waals surface area contributed by atoms with Crippen molar-refractivity contribution in [3.63, 3.8) is 0 Å². The lowest BCUT2D eigenvalue weighted by Gasteiger charge is -2.10. The van der Waals surface area contributed by atoms with Gasteiger partial charge in [-0.05, 0) is 25.1 Å². The van der Waals surface area contributed by atoms with E-state index in [1.165, 1.54) is 0 Å². The number of rotatable bonds is 4. The van der Waals surface area contributed by atoms with Crippen LogP contribution in [0.3, 0.4) is 0 Å². The lowest BCUT2D eigenvalue weighted by Crippen LogP contribution is -2.14. The van der Waals surface area contributed by atoms with E-state index < -0.39 is 11.9 Å². The van der Waals surface area contributed by atoms with Gasteiger partial charge in [0.1, 0.15) is 0 Å². The van der Waals surface area contributed by atoms with Crippen LogP contribution in [0.4, 0.5) is 0 Å². The van der Waals surface area contributed by atoms with Gasteiger partial charge in [0.2, 0.25) is 0 Å². The van der Waals surface area contributed by atoms with Crippen molar-refractivity contribution in [2.24, 2.45) is 5.92 Å². The van der Waals surface area contributed by atoms with Crippen LogP contribution in [0.25, 0.3) is 10.9 Å². The number of carbonyl (C=O) groups is 1. The van der Waals surface area contributed by atoms with Crippen LogP contribution in [0.2, 0.25) is 5.02 Å². The van der Waals surface area contributed by atoms with E-state index in [9.17, 15) is 4.79 Å². The summed E-state index contributed by atoms with van der Waals surface area (Å²) in [5.74, 6) is -1.16. The number of carboxylic acid groups (broad SMARTS) is 1. The molecular formula is C14H16ClNO2. The fourth-order valence-electron chi connectivity index (χ4n) is 2.25. The van der Waals surface area contributed by atoms with Crippen molar-refractivity contribution in [3.8, 4) is 0 Å². The molecule has 0 fully saturated rings. The van der Waals surface area contributed by atoms with Crippen LogP contribution in [0.15, 0.2) is 24.3 Å². The van der Waals surface area contributed by atoms with Crippen molar-refractivity contribution in [2.75, 3.05) is 0 Å². The van der Waals surface area contributed by atoms with Crippen molar-refractivity contribution in [1.82, 2.24) is 4.57 Å². The largest absolute Gasteiger partial charge is 0.481 e. The third-order valence-corrected chi connectivity index (χ3v) is 3.56. The molecule has 0 spiro atoms. The summed E-state index contributed by atoms with van der Waals surface area (Å²) >= 11 is 6.17. The van der Waals surface area contributed by atoms with Crippen LogP contribution in [0.1, 0.15) is 19.5 Å². The van der Waals surface area contributed by atoms with Crippen molar-refractivity contribution >= 4 is 28.5 Å². The number of hydrogen-bond donors (Lipinski definition) is 1. The molecule has 1 atom stereocenters. The van der Waals surface area contributed by atoms with Crippen LogP contribution >= 0.6 is 11.6 Å². The van der Waals surface area contributed by atoms with Gasteiger partial charge in [-0.25, -0.2) is 0 Å². The van der Waals surface area contributed by atoms with E-state index in [0.29, 0.717) is 11.4 Å². The van der Waals surface area contributed by atoms with E-state index >= 15 is 0 Å². The molecule has 0 amide bonds. The van der Waals surface area contributed by atoms with Gasteiger partial charge in [-0.2, -0.15) is 0 Å². The Morgan fingerprint density at radius 2 is 2.22 bits per heavy atom. The molecule has 1 unspecified atom stereocenters. The molecule has 1 aromatic heterocycles. The Morgan fingerprint density at radius 1 is 1.50 bits per heavy atom. The number of fused-ring (bicyclic) bond motifs is 1. The van der Waals surface area contributed by atoms with E-state index in [0.717, 1.165) is 23.1 Å². The van der Waals surface area contributed by atoms with Gasteiger partial charge in [-0.1, -0.05) is 24.6 Å². The second-order valence-electron chi connectivity index (χ2n) is 4.50. The molecule has 18 heavy (non-hydrogen) atoms. The van der Waals surface area contributed by atoms with Gasteiger partial charge in [-0.15, -0.1) is 0 Å². The minimum Gasteiger partial charge on any atom is -0.481 e. The summed E-state index contributed by atoms with van der Waals surface area (Å²) in [7, 11) is 0. The average Bonchev–Trinajstić information content (AvgIpc) is 2.68. The molecule has 0 aliphatic rings. The van der Waals surface area contributed by atoms with Gasteiger partial charge in [0, 0.05) is 34.6 Å². The predicted octanol–water partition coefficient (Wildman–Crippen LogP) is 3.58. The van der Waals surface area contributed by atoms with Crippen LogP contribution < -0.4 is 0 Å². The van der Waals surface area contributed by atoms with Crippen molar-refractivity contribution in [2.45, 2.75) is 26.8 Å². The molecule has 0 saturated heterocycles. The lowest BCUT2D eigenvalue weighted by atomic mass is 10.1. The lowest BCUT2D eigenvalue weighted by molar-refractivity contribution is -0.141. The summed E-state index contributed by atoms with van der Waals surface area (Å²) in [6.07, 6.45) is 0.522. The minimum absolute atomic E-state index is 0.390. The maximum Gasteiger partial charge on any atom is 0.306 e. The molecule has 1 aromatic carbocycles. The van der Waals surface area contributed by atoms with Crippen LogP contribution in [0.5, 0.6) is 0 Å². The monoisotopic (exact) mass is 265 g/mol. The van der Waals surface area contributed by atoms with Crippen molar-refractivity contribution < 1.29 is 9.90 Å². The van der Waals surface area contributed by atoms with E-state index in [1.807, 2.05) is 24.3 Å². The summed E-state index contributed by atoms with van der Waals surface area (Å²) in [6.45, 7) is 4.59.